The van der Waals surface area contributed by atoms with Crippen molar-refractivity contribution >= 4 is 23.1 Å². The van der Waals surface area contributed by atoms with Crippen molar-refractivity contribution in [2.45, 2.75) is 12.5 Å². The number of halogens is 1. The summed E-state index contributed by atoms with van der Waals surface area (Å²) < 4.78 is 1.34. The minimum Gasteiger partial charge on any atom is -0.359 e. The molecule has 0 amide bonds. The molecule has 0 saturated carbocycles. The summed E-state index contributed by atoms with van der Waals surface area (Å²) in [7, 11) is 0. The third-order valence-electron chi connectivity index (χ3n) is 3.39. The maximum absolute atomic E-state index is 11.4. The van der Waals surface area contributed by atoms with Gasteiger partial charge in [0.2, 0.25) is 0 Å². The third kappa shape index (κ3) is 2.50. The molecule has 0 radical (unpaired) electrons. The van der Waals surface area contributed by atoms with Crippen LogP contribution in [0.25, 0.3) is 5.65 Å². The number of rotatable bonds is 4. The van der Waals surface area contributed by atoms with Gasteiger partial charge in [0.1, 0.15) is 12.1 Å². The first-order valence-electron chi connectivity index (χ1n) is 6.45. The molecule has 0 saturated heterocycles. The molecule has 6 nitrogen and oxygen atoms in total. The summed E-state index contributed by atoms with van der Waals surface area (Å²) in [6.07, 6.45) is 1.43. The van der Waals surface area contributed by atoms with Crippen molar-refractivity contribution in [3.05, 3.63) is 58.8 Å². The first-order valence-corrected chi connectivity index (χ1v) is 6.98. The van der Waals surface area contributed by atoms with Crippen molar-refractivity contribution in [3.63, 3.8) is 0 Å². The average molecular weight is 304 g/mol. The summed E-state index contributed by atoms with van der Waals surface area (Å²) in [6, 6.07) is 11.6. The highest BCUT2D eigenvalue weighted by atomic mass is 35.5. The zero-order valence-electron chi connectivity index (χ0n) is 11.4. The summed E-state index contributed by atoms with van der Waals surface area (Å²) in [4.78, 5) is 15.6. The fourth-order valence-electron chi connectivity index (χ4n) is 2.15. The highest BCUT2D eigenvalue weighted by molar-refractivity contribution is 6.18. The molecule has 0 bridgehead atoms. The predicted octanol–water partition coefficient (Wildman–Crippen LogP) is 1.98. The summed E-state index contributed by atoms with van der Waals surface area (Å²) in [5.74, 6) is 0.977. The molecule has 3 rings (SSSR count). The van der Waals surface area contributed by atoms with Gasteiger partial charge in [-0.1, -0.05) is 30.3 Å². The van der Waals surface area contributed by atoms with Crippen LogP contribution in [0.4, 0.5) is 5.82 Å². The summed E-state index contributed by atoms with van der Waals surface area (Å²) in [5, 5.41) is 9.61. The van der Waals surface area contributed by atoms with Crippen molar-refractivity contribution in [1.82, 2.24) is 19.6 Å². The smallest absolute Gasteiger partial charge is 0.348 e. The number of fused-ring (bicyclic) bond motifs is 1. The fraction of sp³-hybridized carbons (Fsp3) is 0.214. The number of anilines is 1. The van der Waals surface area contributed by atoms with E-state index in [9.17, 15) is 4.79 Å². The highest BCUT2D eigenvalue weighted by Gasteiger charge is 2.25. The first kappa shape index (κ1) is 13.6. The Hall–Kier alpha value is -2.34. The van der Waals surface area contributed by atoms with Gasteiger partial charge in [-0.2, -0.15) is 5.10 Å². The summed E-state index contributed by atoms with van der Waals surface area (Å²) in [5.41, 5.74) is 0.779. The molecule has 0 spiro atoms. The van der Waals surface area contributed by atoms with E-state index in [0.717, 1.165) is 5.56 Å². The van der Waals surface area contributed by atoms with Crippen LogP contribution in [0, 0.1) is 0 Å². The lowest BCUT2D eigenvalue weighted by Crippen LogP contribution is -2.34. The number of alkyl halides is 1. The highest BCUT2D eigenvalue weighted by Crippen LogP contribution is 2.26. The molecular weight excluding hydrogens is 290 g/mol. The molecule has 7 heteroatoms. The molecule has 3 aromatic rings. The lowest BCUT2D eigenvalue weighted by atomic mass is 9.94. The van der Waals surface area contributed by atoms with Crippen molar-refractivity contribution in [2.75, 3.05) is 11.2 Å². The average Bonchev–Trinajstić information content (AvgIpc) is 2.89. The van der Waals surface area contributed by atoms with Gasteiger partial charge in [-0.05, 0) is 12.5 Å². The number of aromatic amines is 1. The van der Waals surface area contributed by atoms with Crippen LogP contribution in [0.15, 0.2) is 47.5 Å². The number of nitrogens with zero attached hydrogens (tertiary/aromatic N) is 3. The minimum absolute atomic E-state index is 0.313. The van der Waals surface area contributed by atoms with Crippen molar-refractivity contribution in [1.29, 1.82) is 0 Å². The van der Waals surface area contributed by atoms with Crippen LogP contribution in [0.3, 0.4) is 0 Å². The van der Waals surface area contributed by atoms with Crippen molar-refractivity contribution in [2.24, 2.45) is 0 Å². The van der Waals surface area contributed by atoms with Gasteiger partial charge in [0.15, 0.2) is 5.65 Å². The van der Waals surface area contributed by atoms with Gasteiger partial charge in [-0.15, -0.1) is 11.6 Å². The topological polar surface area (TPSA) is 75.1 Å². The van der Waals surface area contributed by atoms with E-state index in [4.69, 9.17) is 11.6 Å². The largest absolute Gasteiger partial charge is 0.359 e. The Morgan fingerprint density at radius 1 is 1.38 bits per heavy atom. The Labute approximate surface area is 125 Å². The van der Waals surface area contributed by atoms with E-state index in [1.165, 1.54) is 10.7 Å². The number of nitrogens with one attached hydrogen (secondary N) is 2. The van der Waals surface area contributed by atoms with E-state index in [1.807, 2.05) is 37.3 Å². The quantitative estimate of drug-likeness (QED) is 0.723. The number of benzene rings is 1. The molecule has 2 aromatic heterocycles. The van der Waals surface area contributed by atoms with Gasteiger partial charge in [0, 0.05) is 11.9 Å². The van der Waals surface area contributed by atoms with Gasteiger partial charge in [-0.3, -0.25) is 0 Å². The number of H-pyrrole nitrogens is 1. The van der Waals surface area contributed by atoms with E-state index >= 15 is 0 Å². The maximum Gasteiger partial charge on any atom is 0.348 e. The Balaban J connectivity index is 1.97. The second-order valence-corrected chi connectivity index (χ2v) is 5.26. The van der Waals surface area contributed by atoms with Crippen molar-refractivity contribution in [3.8, 4) is 0 Å². The monoisotopic (exact) mass is 303 g/mol. The molecule has 108 valence electrons. The van der Waals surface area contributed by atoms with Gasteiger partial charge in [0.05, 0.1) is 5.54 Å². The lowest BCUT2D eigenvalue weighted by molar-refractivity contribution is 0.613. The van der Waals surface area contributed by atoms with Crippen LogP contribution in [0.5, 0.6) is 0 Å². The van der Waals surface area contributed by atoms with Crippen LogP contribution >= 0.6 is 11.6 Å². The second-order valence-electron chi connectivity index (χ2n) is 4.99. The molecule has 1 unspecified atom stereocenters. The molecule has 0 aliphatic rings. The fourth-order valence-corrected chi connectivity index (χ4v) is 2.37. The van der Waals surface area contributed by atoms with E-state index in [0.29, 0.717) is 17.3 Å². The molecule has 21 heavy (non-hydrogen) atoms. The number of aromatic nitrogens is 4. The van der Waals surface area contributed by atoms with E-state index in [1.54, 1.807) is 6.07 Å². The van der Waals surface area contributed by atoms with Crippen LogP contribution in [0.2, 0.25) is 0 Å². The molecule has 1 atom stereocenters. The van der Waals surface area contributed by atoms with Crippen LogP contribution in [0.1, 0.15) is 12.5 Å². The summed E-state index contributed by atoms with van der Waals surface area (Å²) >= 11 is 6.15. The molecule has 2 heterocycles. The molecule has 0 fully saturated rings. The van der Waals surface area contributed by atoms with Gasteiger partial charge >= 0.3 is 5.69 Å². The van der Waals surface area contributed by atoms with Crippen molar-refractivity contribution < 1.29 is 0 Å². The number of hydrogen-bond acceptors (Lipinski definition) is 4. The van der Waals surface area contributed by atoms with E-state index < -0.39 is 5.54 Å². The Bertz CT molecular complexity index is 813. The molecule has 0 aliphatic carbocycles. The van der Waals surface area contributed by atoms with E-state index in [2.05, 4.69) is 20.5 Å². The lowest BCUT2D eigenvalue weighted by Gasteiger charge is -2.29. The first-order chi connectivity index (χ1) is 10.1. The zero-order valence-corrected chi connectivity index (χ0v) is 12.1. The van der Waals surface area contributed by atoms with Crippen LogP contribution in [-0.4, -0.2) is 25.5 Å². The summed E-state index contributed by atoms with van der Waals surface area (Å²) in [6.45, 7) is 2.00. The standard InChI is InChI=1S/C14H14ClN5O/c1-14(8-15,10-5-3-2-4-6-10)17-11-7-12-18-19-13(21)20(12)9-16-11/h2-7,9,17H,8H2,1H3,(H,19,21). The van der Waals surface area contributed by atoms with Gasteiger partial charge < -0.3 is 5.32 Å². The predicted molar refractivity (Wildman–Crippen MR) is 81.7 cm³/mol. The van der Waals surface area contributed by atoms with Crippen LogP contribution in [-0.2, 0) is 5.54 Å². The van der Waals surface area contributed by atoms with Gasteiger partial charge in [-0.25, -0.2) is 19.3 Å². The van der Waals surface area contributed by atoms with Crippen LogP contribution < -0.4 is 11.0 Å². The SMILES string of the molecule is CC(CCl)(Nc1cc2n[nH]c(=O)n2cn1)c1ccccc1. The van der Waals surface area contributed by atoms with Gasteiger partial charge in [0.25, 0.3) is 0 Å². The molecule has 2 N–H and O–H groups in total. The maximum atomic E-state index is 11.4. The van der Waals surface area contributed by atoms with E-state index in [-0.39, 0.29) is 5.69 Å². The zero-order chi connectivity index (χ0) is 14.9. The molecule has 0 aliphatic heterocycles. The normalized spacial score (nSPS) is 14.0. The Kier molecular flexibility index (Phi) is 3.39. The Morgan fingerprint density at radius 3 is 2.86 bits per heavy atom. The minimum atomic E-state index is -0.467. The third-order valence-corrected chi connectivity index (χ3v) is 3.93. The Morgan fingerprint density at radius 2 is 2.14 bits per heavy atom. The molecule has 1 aromatic carbocycles. The molecular formula is C14H14ClN5O. The number of hydrogen-bond donors (Lipinski definition) is 2. The second kappa shape index (κ2) is 5.21.